The van der Waals surface area contributed by atoms with Gasteiger partial charge >= 0.3 is 5.97 Å². The lowest BCUT2D eigenvalue weighted by Gasteiger charge is -2.09. The van der Waals surface area contributed by atoms with Crippen molar-refractivity contribution in [2.45, 2.75) is 13.8 Å². The molecule has 0 unspecified atom stereocenters. The molecule has 4 rings (SSSR count). The van der Waals surface area contributed by atoms with Gasteiger partial charge in [-0.05, 0) is 50.3 Å². The molecule has 6 nitrogen and oxygen atoms in total. The third-order valence-corrected chi connectivity index (χ3v) is 4.95. The summed E-state index contributed by atoms with van der Waals surface area (Å²) in [6, 6.07) is 19.1. The molecule has 0 aliphatic rings. The van der Waals surface area contributed by atoms with Crippen molar-refractivity contribution in [3.05, 3.63) is 95.6 Å². The summed E-state index contributed by atoms with van der Waals surface area (Å²) in [4.78, 5) is 33.4. The fourth-order valence-electron chi connectivity index (χ4n) is 3.49. The number of hydrogen-bond acceptors (Lipinski definition) is 5. The molecule has 2 heterocycles. The Balaban J connectivity index is 1.41. The summed E-state index contributed by atoms with van der Waals surface area (Å²) in [5.74, 6) is -0.859. The third kappa shape index (κ3) is 4.43. The number of carbonyl (C=O) groups is 2. The Morgan fingerprint density at radius 2 is 1.71 bits per heavy atom. The molecule has 0 aliphatic heterocycles. The Hall–Kier alpha value is -4.06. The second-order valence-electron chi connectivity index (χ2n) is 7.10. The van der Waals surface area contributed by atoms with E-state index in [2.05, 4.69) is 9.97 Å². The van der Waals surface area contributed by atoms with E-state index in [0.29, 0.717) is 11.3 Å². The van der Waals surface area contributed by atoms with Crippen molar-refractivity contribution in [2.24, 2.45) is 0 Å². The number of ether oxygens (including phenoxy) is 1. The molecule has 2 aromatic heterocycles. The quantitative estimate of drug-likeness (QED) is 0.266. The van der Waals surface area contributed by atoms with E-state index >= 15 is 0 Å². The second kappa shape index (κ2) is 8.75. The Kier molecular flexibility index (Phi) is 5.71. The Morgan fingerprint density at radius 3 is 2.48 bits per heavy atom. The number of benzene rings is 2. The fraction of sp³-hybridized carbons (Fsp3) is 0.120. The molecule has 0 fully saturated rings. The van der Waals surface area contributed by atoms with Crippen molar-refractivity contribution in [3.63, 3.8) is 0 Å². The van der Waals surface area contributed by atoms with Gasteiger partial charge < -0.3 is 9.30 Å². The highest BCUT2D eigenvalue weighted by atomic mass is 16.5. The number of aryl methyl sites for hydroxylation is 1. The highest BCUT2D eigenvalue weighted by Gasteiger charge is 2.17. The normalized spacial score (nSPS) is 11.2. The minimum absolute atomic E-state index is 0.248. The molecular weight excluding hydrogens is 390 g/mol. The van der Waals surface area contributed by atoms with Crippen LogP contribution in [0.2, 0.25) is 0 Å². The second-order valence-corrected chi connectivity index (χ2v) is 7.10. The van der Waals surface area contributed by atoms with Crippen molar-refractivity contribution in [1.82, 2.24) is 14.5 Å². The summed E-state index contributed by atoms with van der Waals surface area (Å²) in [6.45, 7) is 3.50. The molecule has 0 radical (unpaired) electrons. The Bertz CT molecular complexity index is 1290. The first-order valence-electron chi connectivity index (χ1n) is 9.87. The van der Waals surface area contributed by atoms with Gasteiger partial charge in [0.25, 0.3) is 0 Å². The zero-order chi connectivity index (χ0) is 21.8. The van der Waals surface area contributed by atoms with E-state index in [-0.39, 0.29) is 12.4 Å². The fourth-order valence-corrected chi connectivity index (χ4v) is 3.49. The monoisotopic (exact) mass is 411 g/mol. The lowest BCUT2D eigenvalue weighted by atomic mass is 10.1. The van der Waals surface area contributed by atoms with Gasteiger partial charge in [-0.1, -0.05) is 30.3 Å². The number of carbonyl (C=O) groups excluding carboxylic acids is 2. The van der Waals surface area contributed by atoms with Crippen LogP contribution in [0.15, 0.2) is 72.9 Å². The zero-order valence-electron chi connectivity index (χ0n) is 17.3. The molecule has 0 amide bonds. The van der Waals surface area contributed by atoms with Gasteiger partial charge in [0, 0.05) is 28.7 Å². The number of ketones is 1. The average molecular weight is 411 g/mol. The number of nitrogens with zero attached hydrogens (tertiary/aromatic N) is 3. The molecule has 0 bridgehead atoms. The van der Waals surface area contributed by atoms with E-state index in [1.165, 1.54) is 12.2 Å². The van der Waals surface area contributed by atoms with Gasteiger partial charge in [0.15, 0.2) is 6.61 Å². The molecule has 0 saturated carbocycles. The van der Waals surface area contributed by atoms with Gasteiger partial charge in [-0.25, -0.2) is 9.78 Å². The lowest BCUT2D eigenvalue weighted by Crippen LogP contribution is -2.13. The maximum Gasteiger partial charge on any atom is 0.331 e. The summed E-state index contributed by atoms with van der Waals surface area (Å²) in [6.07, 6.45) is 4.35. The van der Waals surface area contributed by atoms with Crippen LogP contribution in [0.25, 0.3) is 22.8 Å². The Labute approximate surface area is 179 Å². The molecule has 154 valence electrons. The number of rotatable bonds is 6. The molecule has 0 aliphatic carbocycles. The van der Waals surface area contributed by atoms with Crippen LogP contribution in [0.3, 0.4) is 0 Å². The third-order valence-electron chi connectivity index (χ3n) is 4.95. The minimum Gasteiger partial charge on any atom is -0.454 e. The number of Topliss-reactive ketones (excluding diaryl/α,β-unsaturated/α-hetero) is 1. The van der Waals surface area contributed by atoms with E-state index in [0.717, 1.165) is 28.1 Å². The molecule has 2 aromatic carbocycles. The SMILES string of the molecule is Cc1cc(C(=O)COC(=O)/C=C/c2cnc3ccccc3n2)c(C)n1-c1ccccc1. The molecule has 0 atom stereocenters. The van der Waals surface area contributed by atoms with Crippen LogP contribution in [0, 0.1) is 13.8 Å². The van der Waals surface area contributed by atoms with Gasteiger partial charge in [0.1, 0.15) is 0 Å². The minimum atomic E-state index is -0.611. The lowest BCUT2D eigenvalue weighted by molar-refractivity contribution is -0.136. The Morgan fingerprint density at radius 1 is 1.00 bits per heavy atom. The predicted molar refractivity (Wildman–Crippen MR) is 119 cm³/mol. The topological polar surface area (TPSA) is 74.1 Å². The highest BCUT2D eigenvalue weighted by molar-refractivity contribution is 6.00. The predicted octanol–water partition coefficient (Wildman–Crippen LogP) is 4.48. The van der Waals surface area contributed by atoms with Crippen LogP contribution < -0.4 is 0 Å². The van der Waals surface area contributed by atoms with E-state index in [4.69, 9.17) is 4.74 Å². The largest absolute Gasteiger partial charge is 0.454 e. The number of fused-ring (bicyclic) bond motifs is 1. The molecule has 31 heavy (non-hydrogen) atoms. The molecular formula is C25H21N3O3. The van der Waals surface area contributed by atoms with Gasteiger partial charge in [-0.2, -0.15) is 0 Å². The summed E-state index contributed by atoms with van der Waals surface area (Å²) in [7, 11) is 0. The molecule has 4 aromatic rings. The summed E-state index contributed by atoms with van der Waals surface area (Å²) >= 11 is 0. The molecule has 0 saturated heterocycles. The van der Waals surface area contributed by atoms with Gasteiger partial charge in [0.05, 0.1) is 22.9 Å². The van der Waals surface area contributed by atoms with Crippen molar-refractivity contribution < 1.29 is 14.3 Å². The van der Waals surface area contributed by atoms with Gasteiger partial charge in [-0.3, -0.25) is 9.78 Å². The van der Waals surface area contributed by atoms with Crippen molar-refractivity contribution >= 4 is 28.9 Å². The molecule has 0 N–H and O–H groups in total. The van der Waals surface area contributed by atoms with E-state index in [9.17, 15) is 9.59 Å². The number of hydrogen-bond donors (Lipinski definition) is 0. The number of aromatic nitrogens is 3. The maximum absolute atomic E-state index is 12.7. The number of para-hydroxylation sites is 3. The van der Waals surface area contributed by atoms with Crippen LogP contribution >= 0.6 is 0 Å². The first-order valence-corrected chi connectivity index (χ1v) is 9.87. The first-order chi connectivity index (χ1) is 15.0. The first kappa shape index (κ1) is 20.2. The van der Waals surface area contributed by atoms with Gasteiger partial charge in [-0.15, -0.1) is 0 Å². The highest BCUT2D eigenvalue weighted by Crippen LogP contribution is 2.21. The smallest absolute Gasteiger partial charge is 0.331 e. The maximum atomic E-state index is 12.7. The van der Waals surface area contributed by atoms with Crippen molar-refractivity contribution in [3.8, 4) is 5.69 Å². The van der Waals surface area contributed by atoms with Crippen LogP contribution in [-0.2, 0) is 9.53 Å². The van der Waals surface area contributed by atoms with Gasteiger partial charge in [0.2, 0.25) is 5.78 Å². The van der Waals surface area contributed by atoms with Crippen LogP contribution in [0.4, 0.5) is 0 Å². The van der Waals surface area contributed by atoms with E-state index in [1.807, 2.05) is 79.1 Å². The standard InChI is InChI=1S/C25H21N3O3/c1-17-14-21(18(2)28(17)20-8-4-3-5-9-20)24(29)16-31-25(30)13-12-19-15-26-22-10-6-7-11-23(22)27-19/h3-15H,16H2,1-2H3/b13-12+. The van der Waals surface area contributed by atoms with Crippen LogP contribution in [-0.4, -0.2) is 32.9 Å². The summed E-state index contributed by atoms with van der Waals surface area (Å²) in [5, 5.41) is 0. The average Bonchev–Trinajstić information content (AvgIpc) is 3.10. The van der Waals surface area contributed by atoms with Crippen LogP contribution in [0.5, 0.6) is 0 Å². The summed E-state index contributed by atoms with van der Waals surface area (Å²) < 4.78 is 7.15. The van der Waals surface area contributed by atoms with Crippen molar-refractivity contribution in [1.29, 1.82) is 0 Å². The molecule has 0 spiro atoms. The molecule has 6 heteroatoms. The van der Waals surface area contributed by atoms with Crippen molar-refractivity contribution in [2.75, 3.05) is 6.61 Å². The summed E-state index contributed by atoms with van der Waals surface area (Å²) in [5.41, 5.74) is 5.32. The van der Waals surface area contributed by atoms with E-state index in [1.54, 1.807) is 6.20 Å². The zero-order valence-corrected chi connectivity index (χ0v) is 17.3. The number of esters is 1. The van der Waals surface area contributed by atoms with E-state index < -0.39 is 5.97 Å². The van der Waals surface area contributed by atoms with Crippen LogP contribution in [0.1, 0.15) is 27.4 Å².